The lowest BCUT2D eigenvalue weighted by Gasteiger charge is -2.30. The van der Waals surface area contributed by atoms with Gasteiger partial charge in [0.2, 0.25) is 0 Å². The van der Waals surface area contributed by atoms with E-state index in [2.05, 4.69) is 77.6 Å². The van der Waals surface area contributed by atoms with E-state index < -0.39 is 0 Å². The quantitative estimate of drug-likeness (QED) is 0.0578. The highest BCUT2D eigenvalue weighted by molar-refractivity contribution is 4.93. The summed E-state index contributed by atoms with van der Waals surface area (Å²) in [6.45, 7) is 14.5. The molecule has 1 heterocycles. The molecule has 1 rings (SSSR count). The number of nitrogens with one attached hydrogen (secondary N) is 1. The van der Waals surface area contributed by atoms with Crippen molar-refractivity contribution >= 4 is 0 Å². The van der Waals surface area contributed by atoms with Gasteiger partial charge in [0.25, 0.3) is 0 Å². The van der Waals surface area contributed by atoms with Crippen molar-refractivity contribution in [2.24, 2.45) is 0 Å². The molecule has 0 aromatic heterocycles. The zero-order valence-electron chi connectivity index (χ0n) is 30.6. The van der Waals surface area contributed by atoms with E-state index in [1.54, 1.807) is 0 Å². The van der Waals surface area contributed by atoms with Crippen molar-refractivity contribution in [3.63, 3.8) is 0 Å². The highest BCUT2D eigenvalue weighted by atomic mass is 15.2. The monoisotopic (exact) mass is 626 g/mol. The Hall–Kier alpha value is -1.16. The minimum atomic E-state index is 1.12. The Bertz CT molecular complexity index is 640. The first kappa shape index (κ1) is 41.9. The fourth-order valence-corrected chi connectivity index (χ4v) is 6.20. The third-order valence-corrected chi connectivity index (χ3v) is 9.29. The number of hydrogen-bond donors (Lipinski definition) is 1. The summed E-state index contributed by atoms with van der Waals surface area (Å²) < 4.78 is 0. The minimum absolute atomic E-state index is 1.12. The van der Waals surface area contributed by atoms with Gasteiger partial charge in [-0.3, -0.25) is 4.90 Å². The number of allylic oxidation sites excluding steroid dienone is 8. The largest absolute Gasteiger partial charge is 0.314 e. The predicted octanol–water partition coefficient (Wildman–Crippen LogP) is 11.8. The van der Waals surface area contributed by atoms with Crippen LogP contribution in [0, 0.1) is 0 Å². The molecule has 0 unspecified atom stereocenters. The topological polar surface area (TPSA) is 18.5 Å². The molecule has 262 valence electrons. The molecule has 0 radical (unpaired) electrons. The van der Waals surface area contributed by atoms with Crippen molar-refractivity contribution in [2.75, 3.05) is 52.4 Å². The van der Waals surface area contributed by atoms with Crippen molar-refractivity contribution < 1.29 is 0 Å². The molecule has 1 N–H and O–H groups in total. The van der Waals surface area contributed by atoms with Crippen molar-refractivity contribution in [2.45, 2.75) is 168 Å². The Labute approximate surface area is 283 Å². The molecule has 0 bridgehead atoms. The third-order valence-electron chi connectivity index (χ3n) is 9.29. The van der Waals surface area contributed by atoms with Gasteiger partial charge in [0.05, 0.1) is 0 Å². The van der Waals surface area contributed by atoms with Crippen LogP contribution in [-0.2, 0) is 0 Å². The van der Waals surface area contributed by atoms with E-state index >= 15 is 0 Å². The lowest BCUT2D eigenvalue weighted by Crippen LogP contribution is -2.46. The normalized spacial score (nSPS) is 14.9. The second kappa shape index (κ2) is 35.7. The Balaban J connectivity index is 2.06. The van der Waals surface area contributed by atoms with Crippen LogP contribution in [0.3, 0.4) is 0 Å². The highest BCUT2D eigenvalue weighted by Crippen LogP contribution is 2.12. The fourth-order valence-electron chi connectivity index (χ4n) is 6.20. The van der Waals surface area contributed by atoms with E-state index in [0.717, 1.165) is 25.9 Å². The maximum absolute atomic E-state index is 3.51. The minimum Gasteiger partial charge on any atom is -0.314 e. The average Bonchev–Trinajstić information content (AvgIpc) is 3.06. The summed E-state index contributed by atoms with van der Waals surface area (Å²) in [7, 11) is 0. The molecule has 45 heavy (non-hydrogen) atoms. The van der Waals surface area contributed by atoms with E-state index in [1.165, 1.54) is 181 Å². The van der Waals surface area contributed by atoms with Crippen LogP contribution in [0.5, 0.6) is 0 Å². The van der Waals surface area contributed by atoms with Gasteiger partial charge in [-0.2, -0.15) is 0 Å². The molecular formula is C42H79N3. The zero-order valence-corrected chi connectivity index (χ0v) is 30.6. The Morgan fingerprint density at radius 2 is 0.822 bits per heavy atom. The maximum Gasteiger partial charge on any atom is 0.0110 e. The van der Waals surface area contributed by atoms with Gasteiger partial charge in [0.1, 0.15) is 0 Å². The molecule has 0 saturated carbocycles. The number of hydrogen-bond acceptors (Lipinski definition) is 3. The van der Waals surface area contributed by atoms with Crippen molar-refractivity contribution in [1.82, 2.24) is 15.1 Å². The van der Waals surface area contributed by atoms with E-state index in [4.69, 9.17) is 0 Å². The molecular weight excluding hydrogens is 546 g/mol. The highest BCUT2D eigenvalue weighted by Gasteiger charge is 2.11. The van der Waals surface area contributed by atoms with Gasteiger partial charge in [-0.1, -0.05) is 140 Å². The van der Waals surface area contributed by atoms with Gasteiger partial charge in [0.15, 0.2) is 0 Å². The summed E-state index contributed by atoms with van der Waals surface area (Å²) in [5.41, 5.74) is 0. The summed E-state index contributed by atoms with van der Waals surface area (Å²) in [4.78, 5) is 5.47. The van der Waals surface area contributed by atoms with Crippen LogP contribution >= 0.6 is 0 Å². The number of rotatable bonds is 33. The van der Waals surface area contributed by atoms with Gasteiger partial charge in [-0.15, -0.1) is 0 Å². The van der Waals surface area contributed by atoms with Crippen LogP contribution in [0.1, 0.15) is 168 Å². The van der Waals surface area contributed by atoms with E-state index in [0.29, 0.717) is 0 Å². The standard InChI is InChI=1S/C42H79N3/c1-3-5-7-9-11-13-15-17-19-21-23-25-27-29-31-33-37-44(41-42-45-39-35-43-36-40-45)38-34-32-30-28-26-24-22-20-18-16-14-12-10-8-6-4-2/h11-14,17-20,43H,3-10,15-16,21-42H2,1-2H3/b13-11-,14-12?,19-17-,20-18?. The van der Waals surface area contributed by atoms with Crippen LogP contribution in [0.25, 0.3) is 0 Å². The van der Waals surface area contributed by atoms with Gasteiger partial charge in [0, 0.05) is 39.3 Å². The molecule has 1 aliphatic heterocycles. The van der Waals surface area contributed by atoms with Crippen LogP contribution in [-0.4, -0.2) is 62.2 Å². The van der Waals surface area contributed by atoms with Crippen molar-refractivity contribution in [3.05, 3.63) is 48.6 Å². The van der Waals surface area contributed by atoms with Crippen LogP contribution in [0.2, 0.25) is 0 Å². The first-order valence-corrected chi connectivity index (χ1v) is 20.1. The summed E-state index contributed by atoms with van der Waals surface area (Å²) in [5, 5.41) is 3.51. The zero-order chi connectivity index (χ0) is 32.1. The summed E-state index contributed by atoms with van der Waals surface area (Å²) >= 11 is 0. The van der Waals surface area contributed by atoms with Crippen LogP contribution < -0.4 is 5.32 Å². The molecule has 0 spiro atoms. The van der Waals surface area contributed by atoms with E-state index in [1.807, 2.05) is 0 Å². The predicted molar refractivity (Wildman–Crippen MR) is 204 cm³/mol. The molecule has 3 nitrogen and oxygen atoms in total. The second-order valence-electron chi connectivity index (χ2n) is 13.6. The molecule has 1 aliphatic rings. The van der Waals surface area contributed by atoms with Crippen molar-refractivity contribution in [1.29, 1.82) is 0 Å². The number of piperazine rings is 1. The molecule has 0 aliphatic carbocycles. The first-order chi connectivity index (χ1) is 22.4. The molecule has 1 fully saturated rings. The van der Waals surface area contributed by atoms with Gasteiger partial charge >= 0.3 is 0 Å². The molecule has 3 heteroatoms. The number of nitrogens with zero attached hydrogens (tertiary/aromatic N) is 2. The maximum atomic E-state index is 3.51. The molecule has 0 atom stereocenters. The third kappa shape index (κ3) is 31.2. The fraction of sp³-hybridized carbons (Fsp3) is 0.810. The lowest BCUT2D eigenvalue weighted by atomic mass is 10.1. The van der Waals surface area contributed by atoms with Crippen molar-refractivity contribution in [3.8, 4) is 0 Å². The summed E-state index contributed by atoms with van der Waals surface area (Å²) in [6.07, 6.45) is 51.1. The first-order valence-electron chi connectivity index (χ1n) is 20.1. The molecule has 1 saturated heterocycles. The van der Waals surface area contributed by atoms with Crippen LogP contribution in [0.15, 0.2) is 48.6 Å². The molecule has 0 aromatic carbocycles. The Morgan fingerprint density at radius 3 is 1.24 bits per heavy atom. The SMILES string of the molecule is CCCCCC=CCC=CCCCCCCCCN(CCCCCCCC/C=C\C/C=C\CCCCC)CCN1CCNCC1. The van der Waals surface area contributed by atoms with Gasteiger partial charge in [-0.25, -0.2) is 0 Å². The van der Waals surface area contributed by atoms with E-state index in [9.17, 15) is 0 Å². The lowest BCUT2D eigenvalue weighted by molar-refractivity contribution is 0.184. The van der Waals surface area contributed by atoms with E-state index in [-0.39, 0.29) is 0 Å². The van der Waals surface area contributed by atoms with Gasteiger partial charge in [-0.05, 0) is 90.1 Å². The number of unbranched alkanes of at least 4 members (excludes halogenated alkanes) is 18. The smallest absolute Gasteiger partial charge is 0.0110 e. The summed E-state index contributed by atoms with van der Waals surface area (Å²) in [5.74, 6) is 0. The Kier molecular flexibility index (Phi) is 33.2. The Morgan fingerprint density at radius 1 is 0.444 bits per heavy atom. The van der Waals surface area contributed by atoms with Gasteiger partial charge < -0.3 is 10.2 Å². The van der Waals surface area contributed by atoms with Crippen LogP contribution in [0.4, 0.5) is 0 Å². The summed E-state index contributed by atoms with van der Waals surface area (Å²) in [6, 6.07) is 0. The average molecular weight is 626 g/mol. The second-order valence-corrected chi connectivity index (χ2v) is 13.6. The molecule has 0 amide bonds. The molecule has 0 aromatic rings.